The van der Waals surface area contributed by atoms with Crippen LogP contribution in [0.3, 0.4) is 0 Å². The van der Waals surface area contributed by atoms with Crippen LogP contribution in [0, 0.1) is 11.8 Å². The van der Waals surface area contributed by atoms with Gasteiger partial charge in [0.1, 0.15) is 12.3 Å². The van der Waals surface area contributed by atoms with Crippen molar-refractivity contribution in [1.82, 2.24) is 9.97 Å². The maximum atomic E-state index is 12.0. The number of hydrogen-bond donors (Lipinski definition) is 3. The van der Waals surface area contributed by atoms with Crippen molar-refractivity contribution in [3.63, 3.8) is 0 Å². The van der Waals surface area contributed by atoms with Crippen molar-refractivity contribution in [2.45, 2.75) is 0 Å². The molecule has 0 saturated carbocycles. The van der Waals surface area contributed by atoms with E-state index in [4.69, 9.17) is 16.7 Å². The maximum Gasteiger partial charge on any atom is 0.275 e. The molecule has 6 nitrogen and oxygen atoms in total. The number of carbonyl (C=O) groups excluding carboxylic acids is 1. The Morgan fingerprint density at radius 2 is 2.29 bits per heavy atom. The van der Waals surface area contributed by atoms with Crippen LogP contribution in [0.25, 0.3) is 0 Å². The summed E-state index contributed by atoms with van der Waals surface area (Å²) in [5.74, 6) is 4.70. The van der Waals surface area contributed by atoms with Crippen LogP contribution in [0.4, 0.5) is 5.69 Å². The molecule has 0 aliphatic heterocycles. The number of nitrogens with zero attached hydrogens (tertiary/aromatic N) is 1. The van der Waals surface area contributed by atoms with Gasteiger partial charge in [0.2, 0.25) is 0 Å². The molecule has 0 spiro atoms. The molecule has 0 radical (unpaired) electrons. The van der Waals surface area contributed by atoms with Crippen LogP contribution in [0.15, 0.2) is 35.4 Å². The zero-order chi connectivity index (χ0) is 15.2. The average Bonchev–Trinajstić information content (AvgIpc) is 2.48. The fraction of sp³-hybridized carbons (Fsp3) is 0.0714. The van der Waals surface area contributed by atoms with E-state index in [2.05, 4.69) is 27.1 Å². The SMILES string of the molecule is O=C(Nc1cc(C#CCO)ccc1Cl)c1c[nH]c(=O)cn1. The molecular weight excluding hydrogens is 294 g/mol. The molecule has 0 bridgehead atoms. The predicted molar refractivity (Wildman–Crippen MR) is 78.2 cm³/mol. The molecule has 0 saturated heterocycles. The molecule has 0 aliphatic carbocycles. The zero-order valence-electron chi connectivity index (χ0n) is 10.7. The number of rotatable bonds is 2. The molecule has 2 aromatic rings. The number of halogens is 1. The molecule has 0 atom stereocenters. The molecule has 1 aromatic heterocycles. The molecule has 0 aliphatic rings. The van der Waals surface area contributed by atoms with Gasteiger partial charge in [0.25, 0.3) is 11.5 Å². The van der Waals surface area contributed by atoms with E-state index in [0.717, 1.165) is 6.20 Å². The third kappa shape index (κ3) is 3.92. The second kappa shape index (κ2) is 6.70. The molecule has 106 valence electrons. The summed E-state index contributed by atoms with van der Waals surface area (Å²) in [7, 11) is 0. The van der Waals surface area contributed by atoms with Gasteiger partial charge in [0.05, 0.1) is 16.9 Å². The first-order valence-corrected chi connectivity index (χ1v) is 6.23. The lowest BCUT2D eigenvalue weighted by molar-refractivity contribution is 0.102. The predicted octanol–water partition coefficient (Wildman–Crippen LogP) is 1.02. The minimum Gasteiger partial charge on any atom is -0.384 e. The van der Waals surface area contributed by atoms with E-state index in [0.29, 0.717) is 16.3 Å². The highest BCUT2D eigenvalue weighted by atomic mass is 35.5. The van der Waals surface area contributed by atoms with Crippen molar-refractivity contribution in [2.75, 3.05) is 11.9 Å². The Balaban J connectivity index is 2.24. The molecular formula is C14H10ClN3O3. The standard InChI is InChI=1S/C14H10ClN3O3/c15-10-4-3-9(2-1-5-19)6-11(10)18-14(21)12-7-17-13(20)8-16-12/h3-4,6-8,19H,5H2,(H,17,20)(H,18,21). The number of anilines is 1. The van der Waals surface area contributed by atoms with Gasteiger partial charge in [-0.1, -0.05) is 23.4 Å². The van der Waals surface area contributed by atoms with E-state index in [1.807, 2.05) is 0 Å². The summed E-state index contributed by atoms with van der Waals surface area (Å²) in [5, 5.41) is 11.6. The molecule has 3 N–H and O–H groups in total. The van der Waals surface area contributed by atoms with Crippen molar-refractivity contribution >= 4 is 23.2 Å². The lowest BCUT2D eigenvalue weighted by atomic mass is 10.2. The van der Waals surface area contributed by atoms with Gasteiger partial charge in [0.15, 0.2) is 0 Å². The minimum atomic E-state index is -0.514. The van der Waals surface area contributed by atoms with Crippen LogP contribution < -0.4 is 10.9 Å². The Labute approximate surface area is 124 Å². The van der Waals surface area contributed by atoms with Crippen molar-refractivity contribution in [3.8, 4) is 11.8 Å². The third-order valence-electron chi connectivity index (χ3n) is 2.43. The number of H-pyrrole nitrogens is 1. The monoisotopic (exact) mass is 303 g/mol. The summed E-state index contributed by atoms with van der Waals surface area (Å²) in [6.07, 6.45) is 2.22. The van der Waals surface area contributed by atoms with Crippen LogP contribution in [-0.4, -0.2) is 27.6 Å². The summed E-state index contributed by atoms with van der Waals surface area (Å²) >= 11 is 6.00. The van der Waals surface area contributed by atoms with Crippen molar-refractivity contribution in [3.05, 3.63) is 57.2 Å². The van der Waals surface area contributed by atoms with E-state index in [9.17, 15) is 9.59 Å². The molecule has 0 fully saturated rings. The van der Waals surface area contributed by atoms with Gasteiger partial charge >= 0.3 is 0 Å². The van der Waals surface area contributed by atoms with Crippen molar-refractivity contribution < 1.29 is 9.90 Å². The summed E-state index contributed by atoms with van der Waals surface area (Å²) in [6, 6.07) is 4.83. The topological polar surface area (TPSA) is 95.1 Å². The normalized spacial score (nSPS) is 9.62. The van der Waals surface area contributed by atoms with Crippen molar-refractivity contribution in [1.29, 1.82) is 0 Å². The van der Waals surface area contributed by atoms with Gasteiger partial charge < -0.3 is 15.4 Å². The quantitative estimate of drug-likeness (QED) is 0.722. The van der Waals surface area contributed by atoms with E-state index in [1.54, 1.807) is 18.2 Å². The lowest BCUT2D eigenvalue weighted by Crippen LogP contribution is -2.17. The summed E-state index contributed by atoms with van der Waals surface area (Å²) in [6.45, 7) is -0.258. The number of aliphatic hydroxyl groups excluding tert-OH is 1. The molecule has 1 heterocycles. The fourth-order valence-corrected chi connectivity index (χ4v) is 1.66. The molecule has 0 unspecified atom stereocenters. The summed E-state index contributed by atoms with van der Waals surface area (Å²) in [4.78, 5) is 28.9. The number of aromatic nitrogens is 2. The maximum absolute atomic E-state index is 12.0. The Kier molecular flexibility index (Phi) is 4.72. The molecule has 7 heteroatoms. The van der Waals surface area contributed by atoms with Gasteiger partial charge in [-0.3, -0.25) is 9.59 Å². The first-order chi connectivity index (χ1) is 10.1. The average molecular weight is 304 g/mol. The Bertz CT molecular complexity index is 770. The number of hydrogen-bond acceptors (Lipinski definition) is 4. The summed E-state index contributed by atoms with van der Waals surface area (Å²) < 4.78 is 0. The van der Waals surface area contributed by atoms with E-state index < -0.39 is 11.5 Å². The first-order valence-electron chi connectivity index (χ1n) is 5.85. The highest BCUT2D eigenvalue weighted by molar-refractivity contribution is 6.33. The number of nitrogens with one attached hydrogen (secondary N) is 2. The lowest BCUT2D eigenvalue weighted by Gasteiger charge is -2.07. The van der Waals surface area contributed by atoms with Gasteiger partial charge in [-0.15, -0.1) is 0 Å². The van der Waals surface area contributed by atoms with Gasteiger partial charge in [-0.2, -0.15) is 0 Å². The number of amides is 1. The largest absolute Gasteiger partial charge is 0.384 e. The van der Waals surface area contributed by atoms with E-state index in [-0.39, 0.29) is 12.3 Å². The molecule has 2 rings (SSSR count). The van der Waals surface area contributed by atoms with E-state index >= 15 is 0 Å². The third-order valence-corrected chi connectivity index (χ3v) is 2.76. The molecule has 1 aromatic carbocycles. The molecule has 1 amide bonds. The second-order valence-corrected chi connectivity index (χ2v) is 4.31. The Hall–Kier alpha value is -2.62. The Morgan fingerprint density at radius 3 is 2.95 bits per heavy atom. The highest BCUT2D eigenvalue weighted by Crippen LogP contribution is 2.23. The van der Waals surface area contributed by atoms with Crippen LogP contribution in [0.1, 0.15) is 16.1 Å². The van der Waals surface area contributed by atoms with Gasteiger partial charge in [-0.25, -0.2) is 4.98 Å². The Morgan fingerprint density at radius 1 is 1.48 bits per heavy atom. The van der Waals surface area contributed by atoms with Crippen molar-refractivity contribution in [2.24, 2.45) is 0 Å². The van der Waals surface area contributed by atoms with Gasteiger partial charge in [0, 0.05) is 11.8 Å². The molecule has 21 heavy (non-hydrogen) atoms. The van der Waals surface area contributed by atoms with Crippen LogP contribution in [0.5, 0.6) is 0 Å². The number of benzene rings is 1. The number of aliphatic hydroxyl groups is 1. The number of carbonyl (C=O) groups is 1. The number of aromatic amines is 1. The second-order valence-electron chi connectivity index (χ2n) is 3.91. The smallest absolute Gasteiger partial charge is 0.275 e. The van der Waals surface area contributed by atoms with Crippen LogP contribution >= 0.6 is 11.6 Å². The summed E-state index contributed by atoms with van der Waals surface area (Å²) in [5.41, 5.74) is 0.612. The fourth-order valence-electron chi connectivity index (χ4n) is 1.49. The van der Waals surface area contributed by atoms with Gasteiger partial charge in [-0.05, 0) is 18.2 Å². The van der Waals surface area contributed by atoms with E-state index in [1.165, 1.54) is 6.20 Å². The van der Waals surface area contributed by atoms with Crippen LogP contribution in [-0.2, 0) is 0 Å². The van der Waals surface area contributed by atoms with Crippen LogP contribution in [0.2, 0.25) is 5.02 Å². The highest BCUT2D eigenvalue weighted by Gasteiger charge is 2.10. The minimum absolute atomic E-state index is 0.0533. The zero-order valence-corrected chi connectivity index (χ0v) is 11.4. The first kappa shape index (κ1) is 14.8.